The van der Waals surface area contributed by atoms with Crippen LogP contribution < -0.4 is 15.9 Å². The van der Waals surface area contributed by atoms with Crippen LogP contribution in [0.4, 0.5) is 0 Å². The van der Waals surface area contributed by atoms with E-state index in [9.17, 15) is 35.1 Å². The fourth-order valence-corrected chi connectivity index (χ4v) is 6.14. The van der Waals surface area contributed by atoms with Crippen molar-refractivity contribution in [2.45, 2.75) is 0 Å². The summed E-state index contributed by atoms with van der Waals surface area (Å²) in [6, 6.07) is 36.3. The minimum Gasteiger partial charge on any atom is -0.508 e. The van der Waals surface area contributed by atoms with Gasteiger partial charge in [0, 0.05) is 56.4 Å². The molecule has 0 atom stereocenters. The summed E-state index contributed by atoms with van der Waals surface area (Å²) in [4.78, 5) is 25.9. The normalized spacial score (nSPS) is 10.4. The van der Waals surface area contributed by atoms with E-state index in [1.165, 1.54) is 41.0 Å². The Hall–Kier alpha value is -5.38. The molecular weight excluding hydrogens is 1010 g/mol. The van der Waals surface area contributed by atoms with E-state index in [2.05, 4.69) is 47.3 Å². The zero-order valence-electron chi connectivity index (χ0n) is 31.4. The van der Waals surface area contributed by atoms with E-state index in [4.69, 9.17) is 27.9 Å². The largest absolute Gasteiger partial charge is 0.508 e. The maximum Gasteiger partial charge on any atom is 0.369 e. The van der Waals surface area contributed by atoms with Gasteiger partial charge in [-0.25, -0.2) is 0 Å². The number of alkyl halides is 2. The predicted octanol–water partition coefficient (Wildman–Crippen LogP) is 11.4. The van der Waals surface area contributed by atoms with Gasteiger partial charge in [-0.1, -0.05) is 24.3 Å². The number of aromatic nitrogens is 2. The van der Waals surface area contributed by atoms with Crippen molar-refractivity contribution in [3.8, 4) is 68.1 Å². The maximum absolute atomic E-state index is 13.0. The lowest BCUT2D eigenvalue weighted by Crippen LogP contribution is -2.18. The third-order valence-corrected chi connectivity index (χ3v) is 8.84. The lowest BCUT2D eigenvalue weighted by molar-refractivity contribution is 0.415. The van der Waals surface area contributed by atoms with Crippen LogP contribution in [-0.4, -0.2) is 50.3 Å². The van der Waals surface area contributed by atoms with Crippen molar-refractivity contribution in [3.63, 3.8) is 0 Å². The van der Waals surface area contributed by atoms with Gasteiger partial charge in [-0.05, 0) is 120 Å². The summed E-state index contributed by atoms with van der Waals surface area (Å²) < 4.78 is 8.53. The number of pyridine rings is 2. The number of rotatable bonds is 5. The van der Waals surface area contributed by atoms with Crippen LogP contribution in [0.15, 0.2) is 155 Å². The van der Waals surface area contributed by atoms with E-state index in [1.54, 1.807) is 96.9 Å². The quantitative estimate of drug-likeness (QED) is 0.0843. The number of benzene rings is 6. The van der Waals surface area contributed by atoms with Gasteiger partial charge in [0.2, 0.25) is 0 Å². The van der Waals surface area contributed by atoms with Crippen molar-refractivity contribution in [1.29, 1.82) is 0 Å². The van der Waals surface area contributed by atoms with Gasteiger partial charge in [0.15, 0.2) is 0 Å². The van der Waals surface area contributed by atoms with E-state index in [-0.39, 0.29) is 48.4 Å². The minimum atomic E-state index is -0.229. The van der Waals surface area contributed by atoms with Gasteiger partial charge in [0.1, 0.15) is 34.5 Å². The summed E-state index contributed by atoms with van der Waals surface area (Å²) in [5, 5.41) is 50.8. The Morgan fingerprint density at radius 3 is 1.13 bits per heavy atom. The first-order chi connectivity index (χ1) is 28.7. The van der Waals surface area contributed by atoms with Crippen LogP contribution >= 0.6 is 70.5 Å². The number of ether oxygens (including phenoxy) is 1. The van der Waals surface area contributed by atoms with Crippen LogP contribution in [-0.2, 0) is 0 Å². The Labute approximate surface area is 379 Å². The van der Waals surface area contributed by atoms with E-state index < -0.39 is 0 Å². The van der Waals surface area contributed by atoms with Gasteiger partial charge in [0.25, 0.3) is 11.1 Å². The number of methoxy groups -OCH3 is 1. The van der Waals surface area contributed by atoms with Crippen LogP contribution in [0, 0.1) is 0 Å². The average Bonchev–Trinajstić information content (AvgIpc) is 3.23. The van der Waals surface area contributed by atoms with E-state index in [1.807, 2.05) is 24.3 Å². The van der Waals surface area contributed by atoms with Gasteiger partial charge < -0.3 is 30.3 Å². The molecule has 8 aromatic rings. The lowest BCUT2D eigenvalue weighted by Gasteiger charge is -2.13. The molecule has 0 aliphatic rings. The monoisotopic (exact) mass is 1040 g/mol. The number of nitrogens with zero attached hydrogens (tertiary/aromatic N) is 2. The highest BCUT2D eigenvalue weighted by atomic mass is 79.9. The number of hydrogen-bond donors (Lipinski definition) is 5. The van der Waals surface area contributed by atoms with Crippen LogP contribution in [0.2, 0.25) is 0 Å². The van der Waals surface area contributed by atoms with E-state index >= 15 is 0 Å². The highest BCUT2D eigenvalue weighted by molar-refractivity contribution is 9.69. The smallest absolute Gasteiger partial charge is 0.369 e. The average molecular weight is 1040 g/mol. The molecule has 306 valence electrons. The molecule has 10 nitrogen and oxygen atoms in total. The number of phenols is 5. The fraction of sp³-hybridized carbons (Fsp3) is 0.0455. The Bertz CT molecular complexity index is 2820. The van der Waals surface area contributed by atoms with E-state index in [0.717, 1.165) is 28.0 Å². The summed E-state index contributed by atoms with van der Waals surface area (Å²) in [5.41, 5.74) is 4.05. The zero-order valence-corrected chi connectivity index (χ0v) is 37.7. The summed E-state index contributed by atoms with van der Waals surface area (Å²) in [7, 11) is 1.60. The summed E-state index contributed by atoms with van der Waals surface area (Å²) in [6.45, 7) is 0. The highest BCUT2D eigenvalue weighted by Gasteiger charge is 2.15. The number of phenolic OH excluding ortho intramolecular Hbond substituents is 5. The molecule has 0 spiro atoms. The molecule has 2 aromatic heterocycles. The van der Waals surface area contributed by atoms with Gasteiger partial charge in [-0.15, -0.1) is 70.5 Å². The van der Waals surface area contributed by atoms with Crippen LogP contribution in [0.5, 0.6) is 34.5 Å². The molecule has 0 radical (unpaired) electrons. The number of aromatic hydroxyl groups is 5. The minimum absolute atomic E-state index is 0.0688. The predicted molar refractivity (Wildman–Crippen MR) is 254 cm³/mol. The summed E-state index contributed by atoms with van der Waals surface area (Å²) >= 11 is 18.8. The number of hydrogen-bond acceptors (Lipinski definition) is 8. The van der Waals surface area contributed by atoms with Crippen molar-refractivity contribution in [1.82, 2.24) is 9.13 Å². The van der Waals surface area contributed by atoms with E-state index in [0.29, 0.717) is 32.9 Å². The standard InChI is InChI=1S/C22H17NO4.C21H15NO4.CH2Cl2.BBr3/c1-27-18-9-2-14(3-10-18)21-13-23(15-4-6-16(24)7-5-15)22(26)19-11-8-17(25)12-20(19)21;23-15-5-1-13(2-6-15)20-12-22(14-3-7-16(24)8-4-14)21(26)18-10-9-17(25)11-19(18)20;2-1-3;2-1(3)4/h2-13,24-25H,1H3;1-12,23-25H;1H2;. The van der Waals surface area contributed by atoms with Crippen LogP contribution in [0.25, 0.3) is 55.2 Å². The van der Waals surface area contributed by atoms with Gasteiger partial charge >= 0.3 is 3.18 Å². The first-order valence-corrected chi connectivity index (χ1v) is 21.4. The second-order valence-electron chi connectivity index (χ2n) is 12.6. The molecule has 0 saturated carbocycles. The first-order valence-electron chi connectivity index (χ1n) is 17.6. The number of halogens is 5. The fourth-order valence-electron chi connectivity index (χ4n) is 6.14. The molecule has 16 heteroatoms. The SMILES string of the molecule is BrB(Br)Br.COc1ccc(-c2cn(-c3ccc(O)cc3)c(=O)c3ccc(O)cc23)cc1.ClCCl.O=c1c2ccc(O)cc2c(-c2ccc(O)cc2)cn1-c1ccc(O)cc1. The third-order valence-electron chi connectivity index (χ3n) is 8.84. The molecule has 0 unspecified atom stereocenters. The zero-order chi connectivity index (χ0) is 43.5. The third kappa shape index (κ3) is 11.5. The topological polar surface area (TPSA) is 154 Å². The Morgan fingerprint density at radius 2 is 0.800 bits per heavy atom. The van der Waals surface area contributed by atoms with Crippen LogP contribution in [0.3, 0.4) is 0 Å². The molecule has 2 heterocycles. The van der Waals surface area contributed by atoms with Crippen molar-refractivity contribution in [3.05, 3.63) is 167 Å². The Morgan fingerprint density at radius 1 is 0.500 bits per heavy atom. The molecule has 6 aromatic carbocycles. The molecule has 60 heavy (non-hydrogen) atoms. The number of fused-ring (bicyclic) bond motifs is 2. The van der Waals surface area contributed by atoms with Gasteiger partial charge in [0.05, 0.1) is 12.4 Å². The molecule has 5 N–H and O–H groups in total. The maximum atomic E-state index is 13.0. The second kappa shape index (κ2) is 21.2. The molecule has 0 aliphatic carbocycles. The molecule has 8 rings (SSSR count). The Kier molecular flexibility index (Phi) is 16.2. The lowest BCUT2D eigenvalue weighted by atomic mass is 10.00. The van der Waals surface area contributed by atoms with Crippen molar-refractivity contribution in [2.24, 2.45) is 0 Å². The van der Waals surface area contributed by atoms with Crippen LogP contribution in [0.1, 0.15) is 0 Å². The first kappa shape index (κ1) is 45.7. The summed E-state index contributed by atoms with van der Waals surface area (Å²) in [6.07, 6.45) is 3.45. The van der Waals surface area contributed by atoms with Gasteiger partial charge in [-0.3, -0.25) is 18.7 Å². The van der Waals surface area contributed by atoms with Crippen molar-refractivity contribution >= 4 is 95.2 Å². The van der Waals surface area contributed by atoms with Crippen molar-refractivity contribution < 1.29 is 30.3 Å². The Balaban J connectivity index is 0.000000197. The summed E-state index contributed by atoms with van der Waals surface area (Å²) in [5.74, 6) is 1.29. The molecule has 0 saturated heterocycles. The molecule has 0 aliphatic heterocycles. The second-order valence-corrected chi connectivity index (χ2v) is 19.8. The molecule has 0 bridgehead atoms. The molecule has 0 amide bonds. The molecule has 0 fully saturated rings. The highest BCUT2D eigenvalue weighted by Crippen LogP contribution is 2.33. The van der Waals surface area contributed by atoms with Gasteiger partial charge in [-0.2, -0.15) is 0 Å². The van der Waals surface area contributed by atoms with Crippen molar-refractivity contribution in [2.75, 3.05) is 12.4 Å². The molecular formula is C44H34BBr3Cl2N2O8.